The molecule has 0 aliphatic rings. The third-order valence-corrected chi connectivity index (χ3v) is 3.40. The van der Waals surface area contributed by atoms with Crippen LogP contribution in [0.25, 0.3) is 32.7 Å². The molecule has 19 heavy (non-hydrogen) atoms. The summed E-state index contributed by atoms with van der Waals surface area (Å²) < 4.78 is 5.70. The number of hydrogen-bond acceptors (Lipinski definition) is 3. The molecule has 1 heterocycles. The van der Waals surface area contributed by atoms with Crippen molar-refractivity contribution in [2.75, 3.05) is 0 Å². The number of fused-ring (bicyclic) bond motifs is 4. The molecule has 0 spiro atoms. The van der Waals surface area contributed by atoms with Crippen molar-refractivity contribution >= 4 is 32.7 Å². The molecule has 4 aromatic rings. The van der Waals surface area contributed by atoms with Crippen LogP contribution in [0.2, 0.25) is 0 Å². The third kappa shape index (κ3) is 1.38. The topological polar surface area (TPSA) is 53.6 Å². The Morgan fingerprint density at radius 1 is 0.789 bits per heavy atom. The van der Waals surface area contributed by atoms with Crippen LogP contribution in [0.1, 0.15) is 0 Å². The third-order valence-electron chi connectivity index (χ3n) is 3.40. The predicted molar refractivity (Wildman–Crippen MR) is 74.6 cm³/mol. The van der Waals surface area contributed by atoms with E-state index in [0.717, 1.165) is 16.2 Å². The molecule has 2 N–H and O–H groups in total. The Morgan fingerprint density at radius 2 is 1.53 bits per heavy atom. The molecule has 92 valence electrons. The quantitative estimate of drug-likeness (QED) is 0.493. The molecule has 0 atom stereocenters. The molecule has 1 aromatic heterocycles. The molecule has 0 aliphatic heterocycles. The summed E-state index contributed by atoms with van der Waals surface area (Å²) in [6, 6.07) is 14.8. The fourth-order valence-electron chi connectivity index (χ4n) is 2.56. The lowest BCUT2D eigenvalue weighted by atomic mass is 10.1. The van der Waals surface area contributed by atoms with Crippen molar-refractivity contribution in [1.82, 2.24) is 0 Å². The minimum atomic E-state index is -0.00592. The molecule has 0 unspecified atom stereocenters. The lowest BCUT2D eigenvalue weighted by molar-refractivity contribution is 0.454. The van der Waals surface area contributed by atoms with Crippen molar-refractivity contribution in [3.05, 3.63) is 48.5 Å². The molecule has 0 fully saturated rings. The van der Waals surface area contributed by atoms with Gasteiger partial charge in [0.1, 0.15) is 22.7 Å². The zero-order valence-corrected chi connectivity index (χ0v) is 9.92. The van der Waals surface area contributed by atoms with Gasteiger partial charge in [-0.25, -0.2) is 0 Å². The Kier molecular flexibility index (Phi) is 1.85. The van der Waals surface area contributed by atoms with Crippen molar-refractivity contribution in [3.63, 3.8) is 0 Å². The molecule has 0 saturated heterocycles. The second kappa shape index (κ2) is 3.42. The summed E-state index contributed by atoms with van der Waals surface area (Å²) in [5.74, 6) is 0.0256. The maximum absolute atomic E-state index is 9.99. The van der Waals surface area contributed by atoms with E-state index in [1.54, 1.807) is 0 Å². The van der Waals surface area contributed by atoms with E-state index in [1.165, 1.54) is 12.1 Å². The minimum Gasteiger partial charge on any atom is -0.508 e. The van der Waals surface area contributed by atoms with Gasteiger partial charge in [0.15, 0.2) is 0 Å². The van der Waals surface area contributed by atoms with Gasteiger partial charge in [-0.1, -0.05) is 24.3 Å². The van der Waals surface area contributed by atoms with Crippen molar-refractivity contribution in [3.8, 4) is 11.5 Å². The van der Waals surface area contributed by atoms with Crippen molar-refractivity contribution < 1.29 is 14.6 Å². The summed E-state index contributed by atoms with van der Waals surface area (Å²) in [4.78, 5) is 0. The summed E-state index contributed by atoms with van der Waals surface area (Å²) in [6.45, 7) is 0. The van der Waals surface area contributed by atoms with Crippen LogP contribution in [0.5, 0.6) is 11.5 Å². The van der Waals surface area contributed by atoms with Gasteiger partial charge in [-0.3, -0.25) is 0 Å². The average Bonchev–Trinajstić information content (AvgIpc) is 2.72. The first-order valence-corrected chi connectivity index (χ1v) is 5.99. The number of furan rings is 1. The van der Waals surface area contributed by atoms with Gasteiger partial charge in [-0.2, -0.15) is 0 Å². The standard InChI is InChI=1S/C16H10O3/c17-11-7-13(18)16-12-5-9-3-1-2-4-10(9)6-14(12)19-15(16)8-11/h1-8,17-18H. The van der Waals surface area contributed by atoms with Crippen molar-refractivity contribution in [2.24, 2.45) is 0 Å². The summed E-state index contributed by atoms with van der Waals surface area (Å²) in [5, 5.41) is 23.2. The van der Waals surface area contributed by atoms with E-state index in [2.05, 4.69) is 0 Å². The zero-order valence-electron chi connectivity index (χ0n) is 9.92. The van der Waals surface area contributed by atoms with Gasteiger partial charge in [-0.15, -0.1) is 0 Å². The lowest BCUT2D eigenvalue weighted by Crippen LogP contribution is -1.73. The van der Waals surface area contributed by atoms with E-state index in [-0.39, 0.29) is 11.5 Å². The second-order valence-corrected chi connectivity index (χ2v) is 4.64. The van der Waals surface area contributed by atoms with Gasteiger partial charge in [0.25, 0.3) is 0 Å². The normalized spacial score (nSPS) is 11.6. The van der Waals surface area contributed by atoms with Crippen LogP contribution in [-0.2, 0) is 0 Å². The first-order chi connectivity index (χ1) is 9.22. The smallest absolute Gasteiger partial charge is 0.142 e. The SMILES string of the molecule is Oc1cc(O)c2c(c1)oc1cc3ccccc3cc12. The van der Waals surface area contributed by atoms with Crippen LogP contribution >= 0.6 is 0 Å². The maximum Gasteiger partial charge on any atom is 0.142 e. The molecule has 0 aliphatic carbocycles. The summed E-state index contributed by atoms with van der Waals surface area (Å²) in [6.07, 6.45) is 0. The number of benzene rings is 3. The van der Waals surface area contributed by atoms with Crippen LogP contribution in [0.15, 0.2) is 52.9 Å². The minimum absolute atomic E-state index is 0.00592. The highest BCUT2D eigenvalue weighted by Crippen LogP contribution is 2.39. The Bertz CT molecular complexity index is 935. The van der Waals surface area contributed by atoms with Gasteiger partial charge >= 0.3 is 0 Å². The highest BCUT2D eigenvalue weighted by Gasteiger charge is 2.13. The predicted octanol–water partition coefficient (Wildman–Crippen LogP) is 4.15. The van der Waals surface area contributed by atoms with Crippen molar-refractivity contribution in [2.45, 2.75) is 0 Å². The molecule has 0 radical (unpaired) electrons. The van der Waals surface area contributed by atoms with Crippen LogP contribution in [0.4, 0.5) is 0 Å². The first-order valence-electron chi connectivity index (χ1n) is 5.99. The Hall–Kier alpha value is -2.68. The van der Waals surface area contributed by atoms with Crippen LogP contribution in [0, 0.1) is 0 Å². The lowest BCUT2D eigenvalue weighted by Gasteiger charge is -1.98. The molecule has 0 amide bonds. The number of phenols is 2. The number of phenolic OH excluding ortho intramolecular Hbond substituents is 2. The molecular formula is C16H10O3. The Labute approximate surface area is 108 Å². The van der Waals surface area contributed by atoms with Gasteiger partial charge in [0, 0.05) is 17.5 Å². The fourth-order valence-corrected chi connectivity index (χ4v) is 2.56. The van der Waals surface area contributed by atoms with E-state index < -0.39 is 0 Å². The van der Waals surface area contributed by atoms with Gasteiger partial charge in [-0.05, 0) is 22.9 Å². The number of rotatable bonds is 0. The largest absolute Gasteiger partial charge is 0.508 e. The molecule has 4 rings (SSSR count). The Morgan fingerprint density at radius 3 is 2.32 bits per heavy atom. The van der Waals surface area contributed by atoms with Crippen LogP contribution in [0.3, 0.4) is 0 Å². The zero-order chi connectivity index (χ0) is 13.0. The van der Waals surface area contributed by atoms with Crippen LogP contribution < -0.4 is 0 Å². The van der Waals surface area contributed by atoms with E-state index in [4.69, 9.17) is 4.42 Å². The first kappa shape index (κ1) is 10.3. The fraction of sp³-hybridized carbons (Fsp3) is 0. The molecule has 3 aromatic carbocycles. The molecule has 0 saturated carbocycles. The monoisotopic (exact) mass is 250 g/mol. The Balaban J connectivity index is 2.26. The van der Waals surface area contributed by atoms with Gasteiger partial charge in [0.05, 0.1) is 5.39 Å². The van der Waals surface area contributed by atoms with Crippen molar-refractivity contribution in [1.29, 1.82) is 0 Å². The molecule has 0 bridgehead atoms. The average molecular weight is 250 g/mol. The summed E-state index contributed by atoms with van der Waals surface area (Å²) in [7, 11) is 0. The summed E-state index contributed by atoms with van der Waals surface area (Å²) in [5.41, 5.74) is 1.19. The van der Waals surface area contributed by atoms with Gasteiger partial charge < -0.3 is 14.6 Å². The van der Waals surface area contributed by atoms with E-state index in [9.17, 15) is 10.2 Å². The molecular weight excluding hydrogens is 240 g/mol. The van der Waals surface area contributed by atoms with E-state index >= 15 is 0 Å². The number of aromatic hydroxyl groups is 2. The van der Waals surface area contributed by atoms with E-state index in [0.29, 0.717) is 16.6 Å². The highest BCUT2D eigenvalue weighted by atomic mass is 16.3. The van der Waals surface area contributed by atoms with E-state index in [1.807, 2.05) is 36.4 Å². The van der Waals surface area contributed by atoms with Crippen LogP contribution in [-0.4, -0.2) is 10.2 Å². The number of hydrogen-bond donors (Lipinski definition) is 2. The highest BCUT2D eigenvalue weighted by molar-refractivity contribution is 6.12. The summed E-state index contributed by atoms with van der Waals surface area (Å²) >= 11 is 0. The second-order valence-electron chi connectivity index (χ2n) is 4.64. The van der Waals surface area contributed by atoms with Gasteiger partial charge in [0.2, 0.25) is 0 Å². The molecule has 3 nitrogen and oxygen atoms in total. The molecule has 3 heteroatoms. The maximum atomic E-state index is 9.99.